The second kappa shape index (κ2) is 10.0. The predicted molar refractivity (Wildman–Crippen MR) is 108 cm³/mol. The van der Waals surface area contributed by atoms with Gasteiger partial charge >= 0.3 is 11.9 Å². The Labute approximate surface area is 166 Å². The van der Waals surface area contributed by atoms with Gasteiger partial charge in [0, 0.05) is 0 Å². The minimum Gasteiger partial charge on any atom is -0.458 e. The van der Waals surface area contributed by atoms with Gasteiger partial charge < -0.3 is 14.6 Å². The summed E-state index contributed by atoms with van der Waals surface area (Å²) in [7, 11) is 0. The van der Waals surface area contributed by atoms with Gasteiger partial charge in [-0.1, -0.05) is 52.0 Å². The smallest absolute Gasteiger partial charge is 0.338 e. The Morgan fingerprint density at radius 1 is 0.786 bits per heavy atom. The standard InChI is InChI=1S/C23H28O5/c1-15(2)17-5-9-19(10-6-17)22(25)27-14-21(13-24)28-23(26)20-11-7-18(8-12-20)16(3)4/h5-12,15-16,21,24H,13-14H2,1-4H3. The van der Waals surface area contributed by atoms with Gasteiger partial charge in [-0.15, -0.1) is 0 Å². The monoisotopic (exact) mass is 384 g/mol. The summed E-state index contributed by atoms with van der Waals surface area (Å²) in [5.74, 6) is -0.347. The maximum absolute atomic E-state index is 12.2. The number of aliphatic hydroxyl groups is 1. The van der Waals surface area contributed by atoms with Gasteiger partial charge in [0.1, 0.15) is 6.61 Å². The van der Waals surface area contributed by atoms with E-state index in [1.807, 2.05) is 24.3 Å². The first-order valence-corrected chi connectivity index (χ1v) is 9.50. The third kappa shape index (κ3) is 5.92. The molecule has 0 aliphatic heterocycles. The molecule has 0 bridgehead atoms. The molecule has 1 unspecified atom stereocenters. The van der Waals surface area contributed by atoms with Crippen LogP contribution in [0.5, 0.6) is 0 Å². The molecule has 2 aromatic carbocycles. The average molecular weight is 384 g/mol. The zero-order valence-corrected chi connectivity index (χ0v) is 16.8. The average Bonchev–Trinajstić information content (AvgIpc) is 2.70. The molecule has 5 heteroatoms. The Morgan fingerprint density at radius 2 is 1.21 bits per heavy atom. The molecule has 0 aliphatic carbocycles. The van der Waals surface area contributed by atoms with Crippen LogP contribution in [0.25, 0.3) is 0 Å². The van der Waals surface area contributed by atoms with Crippen molar-refractivity contribution in [2.75, 3.05) is 13.2 Å². The number of carbonyl (C=O) groups excluding carboxylic acids is 2. The minimum absolute atomic E-state index is 0.211. The van der Waals surface area contributed by atoms with Crippen molar-refractivity contribution < 1.29 is 24.2 Å². The van der Waals surface area contributed by atoms with Gasteiger partial charge in [-0.3, -0.25) is 0 Å². The molecule has 2 rings (SSSR count). The molecule has 0 amide bonds. The van der Waals surface area contributed by atoms with Crippen LogP contribution in [0.2, 0.25) is 0 Å². The molecule has 28 heavy (non-hydrogen) atoms. The van der Waals surface area contributed by atoms with Crippen molar-refractivity contribution in [1.29, 1.82) is 0 Å². The summed E-state index contributed by atoms with van der Waals surface area (Å²) in [4.78, 5) is 24.4. The van der Waals surface area contributed by atoms with Crippen LogP contribution >= 0.6 is 0 Å². The van der Waals surface area contributed by atoms with Crippen LogP contribution in [0, 0.1) is 0 Å². The van der Waals surface area contributed by atoms with E-state index in [9.17, 15) is 14.7 Å². The van der Waals surface area contributed by atoms with Gasteiger partial charge in [-0.2, -0.15) is 0 Å². The number of hydrogen-bond donors (Lipinski definition) is 1. The van der Waals surface area contributed by atoms with E-state index in [1.54, 1.807) is 24.3 Å². The maximum atomic E-state index is 12.2. The Morgan fingerprint density at radius 3 is 1.61 bits per heavy atom. The highest BCUT2D eigenvalue weighted by Crippen LogP contribution is 2.17. The van der Waals surface area contributed by atoms with Crippen molar-refractivity contribution in [3.8, 4) is 0 Å². The molecular weight excluding hydrogens is 356 g/mol. The lowest BCUT2D eigenvalue weighted by Gasteiger charge is -2.16. The third-order valence-electron chi connectivity index (χ3n) is 4.50. The minimum atomic E-state index is -0.920. The van der Waals surface area contributed by atoms with Crippen molar-refractivity contribution in [1.82, 2.24) is 0 Å². The van der Waals surface area contributed by atoms with Crippen LogP contribution in [0.1, 0.15) is 71.4 Å². The Kier molecular flexibility index (Phi) is 7.76. The highest BCUT2D eigenvalue weighted by Gasteiger charge is 2.18. The van der Waals surface area contributed by atoms with Gasteiger partial charge in [0.05, 0.1) is 17.7 Å². The molecule has 0 saturated heterocycles. The van der Waals surface area contributed by atoms with E-state index in [1.165, 1.54) is 0 Å². The van der Waals surface area contributed by atoms with Crippen molar-refractivity contribution in [3.63, 3.8) is 0 Å². The first-order chi connectivity index (χ1) is 13.3. The topological polar surface area (TPSA) is 72.8 Å². The van der Waals surface area contributed by atoms with Crippen molar-refractivity contribution in [2.24, 2.45) is 0 Å². The number of carbonyl (C=O) groups is 2. The van der Waals surface area contributed by atoms with Gasteiger partial charge in [-0.25, -0.2) is 9.59 Å². The van der Waals surface area contributed by atoms with Gasteiger partial charge in [-0.05, 0) is 47.2 Å². The Bertz CT molecular complexity index is 776. The highest BCUT2D eigenvalue weighted by atomic mass is 16.6. The molecule has 150 valence electrons. The molecule has 0 aliphatic rings. The molecule has 0 aromatic heterocycles. The molecule has 0 fully saturated rings. The number of esters is 2. The summed E-state index contributed by atoms with van der Waals surface area (Å²) in [6.07, 6.45) is -0.920. The lowest BCUT2D eigenvalue weighted by Crippen LogP contribution is -2.28. The van der Waals surface area contributed by atoms with Crippen LogP contribution in [0.15, 0.2) is 48.5 Å². The number of ether oxygens (including phenoxy) is 2. The zero-order chi connectivity index (χ0) is 20.7. The van der Waals surface area contributed by atoms with Gasteiger partial charge in [0.25, 0.3) is 0 Å². The van der Waals surface area contributed by atoms with E-state index in [0.29, 0.717) is 23.0 Å². The molecule has 0 spiro atoms. The van der Waals surface area contributed by atoms with Crippen LogP contribution in [-0.2, 0) is 9.47 Å². The summed E-state index contributed by atoms with van der Waals surface area (Å²) < 4.78 is 10.4. The SMILES string of the molecule is CC(C)c1ccc(C(=O)OCC(CO)OC(=O)c2ccc(C(C)C)cc2)cc1. The predicted octanol–water partition coefficient (Wildman–Crippen LogP) is 4.31. The number of hydrogen-bond acceptors (Lipinski definition) is 5. The van der Waals surface area contributed by atoms with Gasteiger partial charge in [0.15, 0.2) is 6.10 Å². The Balaban J connectivity index is 1.90. The second-order valence-corrected chi connectivity index (χ2v) is 7.36. The summed E-state index contributed by atoms with van der Waals surface area (Å²) >= 11 is 0. The molecule has 2 aromatic rings. The van der Waals surface area contributed by atoms with Crippen LogP contribution in [0.4, 0.5) is 0 Å². The quantitative estimate of drug-likeness (QED) is 0.687. The second-order valence-electron chi connectivity index (χ2n) is 7.36. The number of benzene rings is 2. The summed E-state index contributed by atoms with van der Waals surface area (Å²) in [6, 6.07) is 14.3. The molecule has 5 nitrogen and oxygen atoms in total. The van der Waals surface area contributed by atoms with E-state index >= 15 is 0 Å². The first-order valence-electron chi connectivity index (χ1n) is 9.50. The molecule has 0 radical (unpaired) electrons. The van der Waals surface area contributed by atoms with E-state index in [-0.39, 0.29) is 6.61 Å². The van der Waals surface area contributed by atoms with Crippen molar-refractivity contribution >= 4 is 11.9 Å². The van der Waals surface area contributed by atoms with Crippen molar-refractivity contribution in [2.45, 2.75) is 45.6 Å². The fourth-order valence-corrected chi connectivity index (χ4v) is 2.60. The number of rotatable bonds is 8. The molecular formula is C23H28O5. The third-order valence-corrected chi connectivity index (χ3v) is 4.50. The van der Waals surface area contributed by atoms with Crippen LogP contribution in [0.3, 0.4) is 0 Å². The maximum Gasteiger partial charge on any atom is 0.338 e. The summed E-state index contributed by atoms with van der Waals surface area (Å²) in [6.45, 7) is 7.64. The number of aliphatic hydroxyl groups excluding tert-OH is 1. The van der Waals surface area contributed by atoms with E-state index in [2.05, 4.69) is 27.7 Å². The summed E-state index contributed by atoms with van der Waals surface area (Å²) in [5.41, 5.74) is 3.05. The highest BCUT2D eigenvalue weighted by molar-refractivity contribution is 5.90. The largest absolute Gasteiger partial charge is 0.458 e. The van der Waals surface area contributed by atoms with Gasteiger partial charge in [0.2, 0.25) is 0 Å². The molecule has 0 heterocycles. The van der Waals surface area contributed by atoms with E-state index in [0.717, 1.165) is 11.1 Å². The fourth-order valence-electron chi connectivity index (χ4n) is 2.60. The molecule has 1 atom stereocenters. The van der Waals surface area contributed by atoms with E-state index in [4.69, 9.17) is 9.47 Å². The lowest BCUT2D eigenvalue weighted by molar-refractivity contribution is -0.0170. The first kappa shape index (κ1) is 21.6. The normalized spacial score (nSPS) is 12.1. The fraction of sp³-hybridized carbons (Fsp3) is 0.391. The van der Waals surface area contributed by atoms with E-state index < -0.39 is 24.6 Å². The lowest BCUT2D eigenvalue weighted by atomic mass is 10.0. The Hall–Kier alpha value is -2.66. The molecule has 0 saturated carbocycles. The van der Waals surface area contributed by atoms with Crippen LogP contribution < -0.4 is 0 Å². The zero-order valence-electron chi connectivity index (χ0n) is 16.8. The van der Waals surface area contributed by atoms with Crippen molar-refractivity contribution in [3.05, 3.63) is 70.8 Å². The van der Waals surface area contributed by atoms with Crippen LogP contribution in [-0.4, -0.2) is 36.4 Å². The summed E-state index contributed by atoms with van der Waals surface area (Å²) in [5, 5.41) is 9.45. The molecule has 1 N–H and O–H groups in total.